The lowest BCUT2D eigenvalue weighted by molar-refractivity contribution is -0.140. The maximum absolute atomic E-state index is 14.5. The number of aliphatic hydroxyl groups is 1. The number of carboxylic acid groups (broad SMARTS) is 1. The first kappa shape index (κ1) is 25.0. The summed E-state index contributed by atoms with van der Waals surface area (Å²) in [7, 11) is 0. The minimum absolute atomic E-state index is 0.00143. The average molecular weight is 499 g/mol. The maximum Gasteiger partial charge on any atom is 0.323 e. The van der Waals surface area contributed by atoms with Crippen LogP contribution >= 0.6 is 11.6 Å². The third kappa shape index (κ3) is 5.42. The fourth-order valence-electron chi connectivity index (χ4n) is 4.52. The molecule has 0 saturated carbocycles. The third-order valence-electron chi connectivity index (χ3n) is 6.23. The summed E-state index contributed by atoms with van der Waals surface area (Å²) in [6.07, 6.45) is 1.65. The first-order valence-electron chi connectivity index (χ1n) is 11.6. The zero-order chi connectivity index (χ0) is 24.9. The SMILES string of the molecule is CCOc1cc(NC2CCc3c(-c4ccccc4F)cccc32)c(Cl)cc1CN[C@@H](CO)C(=O)O. The van der Waals surface area contributed by atoms with Crippen LogP contribution in [-0.2, 0) is 17.8 Å². The predicted octanol–water partition coefficient (Wildman–Crippen LogP) is 5.18. The predicted molar refractivity (Wildman–Crippen MR) is 134 cm³/mol. The van der Waals surface area contributed by atoms with E-state index in [0.29, 0.717) is 34.2 Å². The number of benzene rings is 3. The summed E-state index contributed by atoms with van der Waals surface area (Å²) in [6.45, 7) is 1.94. The molecule has 1 aliphatic rings. The lowest BCUT2D eigenvalue weighted by atomic mass is 9.96. The van der Waals surface area contributed by atoms with Crippen LogP contribution in [0.5, 0.6) is 5.75 Å². The number of carbonyl (C=O) groups is 1. The van der Waals surface area contributed by atoms with Gasteiger partial charge in [0.15, 0.2) is 0 Å². The monoisotopic (exact) mass is 498 g/mol. The second-order valence-electron chi connectivity index (χ2n) is 8.42. The van der Waals surface area contributed by atoms with Crippen LogP contribution < -0.4 is 15.4 Å². The molecular formula is C27H28ClFN2O4. The highest BCUT2D eigenvalue weighted by molar-refractivity contribution is 6.33. The highest BCUT2D eigenvalue weighted by Crippen LogP contribution is 2.42. The molecule has 0 saturated heterocycles. The molecule has 184 valence electrons. The molecule has 0 aliphatic heterocycles. The summed E-state index contributed by atoms with van der Waals surface area (Å²) < 4.78 is 20.3. The van der Waals surface area contributed by atoms with E-state index >= 15 is 0 Å². The van der Waals surface area contributed by atoms with E-state index in [9.17, 15) is 14.3 Å². The van der Waals surface area contributed by atoms with Gasteiger partial charge in [0.05, 0.1) is 30.0 Å². The number of halogens is 2. The normalized spacial score (nSPS) is 15.5. The number of fused-ring (bicyclic) bond motifs is 1. The Morgan fingerprint density at radius 1 is 1.20 bits per heavy atom. The van der Waals surface area contributed by atoms with Gasteiger partial charge in [-0.3, -0.25) is 10.1 Å². The molecule has 3 aromatic rings. The number of ether oxygens (including phenoxy) is 1. The van der Waals surface area contributed by atoms with Crippen LogP contribution in [-0.4, -0.2) is 35.4 Å². The second-order valence-corrected chi connectivity index (χ2v) is 8.82. The van der Waals surface area contributed by atoms with Crippen molar-refractivity contribution in [2.24, 2.45) is 0 Å². The number of anilines is 1. The minimum atomic E-state index is -1.13. The van der Waals surface area contributed by atoms with Gasteiger partial charge in [0.1, 0.15) is 17.6 Å². The van der Waals surface area contributed by atoms with Crippen LogP contribution in [0.2, 0.25) is 5.02 Å². The van der Waals surface area contributed by atoms with Gasteiger partial charge in [0, 0.05) is 23.7 Å². The molecule has 4 N–H and O–H groups in total. The van der Waals surface area contributed by atoms with Crippen LogP contribution in [0.4, 0.5) is 10.1 Å². The molecule has 0 heterocycles. The van der Waals surface area contributed by atoms with Crippen LogP contribution in [0.25, 0.3) is 11.1 Å². The summed E-state index contributed by atoms with van der Waals surface area (Å²) in [6, 6.07) is 15.2. The quantitative estimate of drug-likeness (QED) is 0.308. The van der Waals surface area contributed by atoms with Crippen molar-refractivity contribution in [2.45, 2.75) is 38.4 Å². The number of rotatable bonds is 10. The molecule has 6 nitrogen and oxygen atoms in total. The van der Waals surface area contributed by atoms with E-state index in [0.717, 1.165) is 29.5 Å². The van der Waals surface area contributed by atoms with Gasteiger partial charge in [-0.05, 0) is 48.6 Å². The molecule has 8 heteroatoms. The smallest absolute Gasteiger partial charge is 0.323 e. The highest BCUT2D eigenvalue weighted by atomic mass is 35.5. The molecule has 4 rings (SSSR count). The van der Waals surface area contributed by atoms with Gasteiger partial charge >= 0.3 is 5.97 Å². The fourth-order valence-corrected chi connectivity index (χ4v) is 4.76. The fraction of sp³-hybridized carbons (Fsp3) is 0.296. The Balaban J connectivity index is 1.59. The first-order chi connectivity index (χ1) is 16.9. The average Bonchev–Trinajstić information content (AvgIpc) is 3.25. The molecule has 0 spiro atoms. The molecule has 1 aliphatic carbocycles. The molecule has 35 heavy (non-hydrogen) atoms. The van der Waals surface area contributed by atoms with Gasteiger partial charge in [-0.15, -0.1) is 0 Å². The van der Waals surface area contributed by atoms with Crippen molar-refractivity contribution in [2.75, 3.05) is 18.5 Å². The van der Waals surface area contributed by atoms with Gasteiger partial charge in [-0.2, -0.15) is 0 Å². The Labute approximate surface area is 208 Å². The second kappa shape index (κ2) is 11.1. The summed E-state index contributed by atoms with van der Waals surface area (Å²) in [5.74, 6) is -0.797. The summed E-state index contributed by atoms with van der Waals surface area (Å²) in [4.78, 5) is 11.2. The zero-order valence-corrected chi connectivity index (χ0v) is 20.1. The summed E-state index contributed by atoms with van der Waals surface area (Å²) in [5.41, 5.74) is 5.13. The van der Waals surface area contributed by atoms with Gasteiger partial charge in [0.2, 0.25) is 0 Å². The standard InChI is InChI=1S/C27H28ClFN2O4/c1-2-35-26-13-24(21(28)12-16(26)14-30-25(15-32)27(33)34)31-23-11-10-18-17(7-5-8-20(18)23)19-6-3-4-9-22(19)29/h3-9,12-13,23,25,30-32H,2,10-11,14-15H2,1H3,(H,33,34)/t23?,25-/m0/s1. The molecular weight excluding hydrogens is 471 g/mol. The minimum Gasteiger partial charge on any atom is -0.493 e. The maximum atomic E-state index is 14.5. The Morgan fingerprint density at radius 3 is 2.69 bits per heavy atom. The van der Waals surface area contributed by atoms with Crippen molar-refractivity contribution in [1.29, 1.82) is 0 Å². The van der Waals surface area contributed by atoms with Crippen molar-refractivity contribution in [3.05, 3.63) is 82.1 Å². The lowest BCUT2D eigenvalue weighted by Crippen LogP contribution is -2.39. The van der Waals surface area contributed by atoms with Gasteiger partial charge in [-0.25, -0.2) is 4.39 Å². The summed E-state index contributed by atoms with van der Waals surface area (Å²) >= 11 is 6.61. The van der Waals surface area contributed by atoms with Crippen LogP contribution in [0, 0.1) is 5.82 Å². The molecule has 3 aromatic carbocycles. The molecule has 2 atom stereocenters. The Bertz CT molecular complexity index is 1220. The molecule has 1 unspecified atom stereocenters. The van der Waals surface area contributed by atoms with E-state index in [1.807, 2.05) is 31.2 Å². The van der Waals surface area contributed by atoms with Crippen LogP contribution in [0.1, 0.15) is 36.1 Å². The van der Waals surface area contributed by atoms with Crippen molar-refractivity contribution in [1.82, 2.24) is 5.32 Å². The first-order valence-corrected chi connectivity index (χ1v) is 12.0. The zero-order valence-electron chi connectivity index (χ0n) is 19.4. The van der Waals surface area contributed by atoms with Crippen molar-refractivity contribution in [3.8, 4) is 16.9 Å². The Morgan fingerprint density at radius 2 is 1.97 bits per heavy atom. The van der Waals surface area contributed by atoms with E-state index in [1.54, 1.807) is 18.2 Å². The number of carboxylic acids is 1. The number of nitrogens with one attached hydrogen (secondary N) is 2. The van der Waals surface area contributed by atoms with Gasteiger partial charge in [0.25, 0.3) is 0 Å². The topological polar surface area (TPSA) is 90.8 Å². The summed E-state index contributed by atoms with van der Waals surface area (Å²) in [5, 5.41) is 25.2. The number of aliphatic carboxylic acids is 1. The van der Waals surface area contributed by atoms with Gasteiger partial charge < -0.3 is 20.3 Å². The molecule has 0 aromatic heterocycles. The largest absolute Gasteiger partial charge is 0.493 e. The van der Waals surface area contributed by atoms with E-state index < -0.39 is 18.6 Å². The number of aliphatic hydroxyl groups excluding tert-OH is 1. The highest BCUT2D eigenvalue weighted by Gasteiger charge is 2.26. The van der Waals surface area contributed by atoms with E-state index in [2.05, 4.69) is 16.7 Å². The lowest BCUT2D eigenvalue weighted by Gasteiger charge is -2.20. The van der Waals surface area contributed by atoms with E-state index in [1.165, 1.54) is 6.07 Å². The van der Waals surface area contributed by atoms with Crippen molar-refractivity contribution in [3.63, 3.8) is 0 Å². The Kier molecular flexibility index (Phi) is 7.90. The van der Waals surface area contributed by atoms with E-state index in [4.69, 9.17) is 21.4 Å². The number of hydrogen-bond donors (Lipinski definition) is 4. The van der Waals surface area contributed by atoms with Crippen LogP contribution in [0.15, 0.2) is 54.6 Å². The molecule has 0 fully saturated rings. The number of hydrogen-bond acceptors (Lipinski definition) is 5. The van der Waals surface area contributed by atoms with Crippen LogP contribution in [0.3, 0.4) is 0 Å². The van der Waals surface area contributed by atoms with Gasteiger partial charge in [-0.1, -0.05) is 48.0 Å². The molecule has 0 radical (unpaired) electrons. The van der Waals surface area contributed by atoms with E-state index in [-0.39, 0.29) is 18.4 Å². The Hall–Kier alpha value is -3.13. The van der Waals surface area contributed by atoms with Crippen molar-refractivity contribution >= 4 is 23.3 Å². The third-order valence-corrected chi connectivity index (χ3v) is 6.55. The molecule has 0 amide bonds. The molecule has 0 bridgehead atoms. The van der Waals surface area contributed by atoms with Crippen molar-refractivity contribution < 1.29 is 24.1 Å².